The standard InChI is InChI=1S/C7H14O4.K/c1-3-10-4-5-11-6(2)7(8)9;/h6H,3-5H2,1-2H3,(H,8,9);/q;+1/p-1. The van der Waals surface area contributed by atoms with Crippen LogP contribution in [0.2, 0.25) is 0 Å². The van der Waals surface area contributed by atoms with Gasteiger partial charge in [-0.25, -0.2) is 0 Å². The van der Waals surface area contributed by atoms with E-state index < -0.39 is 12.1 Å². The van der Waals surface area contributed by atoms with Crippen LogP contribution in [0.25, 0.3) is 0 Å². The Kier molecular flexibility index (Phi) is 13.1. The summed E-state index contributed by atoms with van der Waals surface area (Å²) in [6.07, 6.45) is -0.851. The monoisotopic (exact) mass is 200 g/mol. The molecule has 1 atom stereocenters. The fourth-order valence-corrected chi connectivity index (χ4v) is 0.496. The molecule has 0 N–H and O–H groups in total. The van der Waals surface area contributed by atoms with Gasteiger partial charge in [0.15, 0.2) is 0 Å². The van der Waals surface area contributed by atoms with Gasteiger partial charge in [0.05, 0.1) is 25.3 Å². The first-order chi connectivity index (χ1) is 5.18. The molecule has 0 aromatic rings. The molecule has 0 heterocycles. The predicted octanol–water partition coefficient (Wildman–Crippen LogP) is -3.82. The Balaban J connectivity index is 0. The zero-order chi connectivity index (χ0) is 8.69. The number of hydrogen-bond acceptors (Lipinski definition) is 4. The van der Waals surface area contributed by atoms with Gasteiger partial charge in [0.25, 0.3) is 0 Å². The van der Waals surface area contributed by atoms with Crippen molar-refractivity contribution in [2.24, 2.45) is 0 Å². The van der Waals surface area contributed by atoms with E-state index in [0.29, 0.717) is 19.8 Å². The van der Waals surface area contributed by atoms with Crippen molar-refractivity contribution in [1.29, 1.82) is 0 Å². The maximum absolute atomic E-state index is 10.1. The Bertz CT molecular complexity index is 118. The van der Waals surface area contributed by atoms with Crippen molar-refractivity contribution in [3.05, 3.63) is 0 Å². The van der Waals surface area contributed by atoms with Crippen molar-refractivity contribution < 1.29 is 70.8 Å². The number of carboxylic acid groups (broad SMARTS) is 1. The second-order valence-corrected chi connectivity index (χ2v) is 2.03. The van der Waals surface area contributed by atoms with Crippen molar-refractivity contribution in [1.82, 2.24) is 0 Å². The number of carbonyl (C=O) groups is 1. The molecular weight excluding hydrogens is 187 g/mol. The molecule has 1 unspecified atom stereocenters. The first-order valence-electron chi connectivity index (χ1n) is 3.58. The fourth-order valence-electron chi connectivity index (χ4n) is 0.496. The summed E-state index contributed by atoms with van der Waals surface area (Å²) in [6.45, 7) is 4.63. The Labute approximate surface area is 115 Å². The molecule has 5 heteroatoms. The largest absolute Gasteiger partial charge is 1.00 e. The smallest absolute Gasteiger partial charge is 0.547 e. The van der Waals surface area contributed by atoms with Crippen LogP contribution < -0.4 is 56.5 Å². The molecule has 0 amide bonds. The van der Waals surface area contributed by atoms with Gasteiger partial charge < -0.3 is 19.4 Å². The average Bonchev–Trinajstić information content (AvgIpc) is 1.97. The molecule has 0 fully saturated rings. The molecule has 12 heavy (non-hydrogen) atoms. The van der Waals surface area contributed by atoms with Crippen LogP contribution in [0, 0.1) is 0 Å². The molecule has 66 valence electrons. The number of hydrogen-bond donors (Lipinski definition) is 0. The average molecular weight is 200 g/mol. The third-order valence-corrected chi connectivity index (χ3v) is 1.13. The zero-order valence-corrected chi connectivity index (χ0v) is 11.0. The summed E-state index contributed by atoms with van der Waals surface area (Å²) in [4.78, 5) is 10.1. The summed E-state index contributed by atoms with van der Waals surface area (Å²) in [5, 5.41) is 10.1. The molecule has 0 aromatic carbocycles. The quantitative estimate of drug-likeness (QED) is 0.326. The first-order valence-corrected chi connectivity index (χ1v) is 3.58. The van der Waals surface area contributed by atoms with E-state index in [2.05, 4.69) is 0 Å². The van der Waals surface area contributed by atoms with Gasteiger partial charge in [0, 0.05) is 6.61 Å². The predicted molar refractivity (Wildman–Crippen MR) is 36.9 cm³/mol. The van der Waals surface area contributed by atoms with E-state index in [-0.39, 0.29) is 51.4 Å². The third kappa shape index (κ3) is 9.12. The van der Waals surface area contributed by atoms with Crippen LogP contribution in [0.3, 0.4) is 0 Å². The van der Waals surface area contributed by atoms with E-state index >= 15 is 0 Å². The number of carbonyl (C=O) groups excluding carboxylic acids is 1. The maximum atomic E-state index is 10.1. The minimum absolute atomic E-state index is 0. The van der Waals surface area contributed by atoms with Crippen molar-refractivity contribution >= 4 is 5.97 Å². The Morgan fingerprint density at radius 3 is 2.50 bits per heavy atom. The Morgan fingerprint density at radius 1 is 1.50 bits per heavy atom. The maximum Gasteiger partial charge on any atom is 1.00 e. The molecule has 0 aromatic heterocycles. The second-order valence-electron chi connectivity index (χ2n) is 2.03. The topological polar surface area (TPSA) is 58.6 Å². The van der Waals surface area contributed by atoms with Crippen molar-refractivity contribution in [3.63, 3.8) is 0 Å². The van der Waals surface area contributed by atoms with Crippen molar-refractivity contribution in [3.8, 4) is 0 Å². The molecule has 0 aliphatic heterocycles. The molecule has 4 nitrogen and oxygen atoms in total. The van der Waals surface area contributed by atoms with Gasteiger partial charge in [-0.2, -0.15) is 0 Å². The first kappa shape index (κ1) is 15.5. The molecule has 0 saturated heterocycles. The second kappa shape index (κ2) is 10.1. The van der Waals surface area contributed by atoms with Gasteiger partial charge in [-0.05, 0) is 13.8 Å². The summed E-state index contributed by atoms with van der Waals surface area (Å²) >= 11 is 0. The van der Waals surface area contributed by atoms with Gasteiger partial charge in [0.1, 0.15) is 0 Å². The Hall–Kier alpha value is 1.03. The van der Waals surface area contributed by atoms with Crippen molar-refractivity contribution in [2.75, 3.05) is 19.8 Å². The van der Waals surface area contributed by atoms with Gasteiger partial charge in [0.2, 0.25) is 0 Å². The zero-order valence-electron chi connectivity index (χ0n) is 7.83. The van der Waals surface area contributed by atoms with Gasteiger partial charge in [-0.3, -0.25) is 0 Å². The Morgan fingerprint density at radius 2 is 2.08 bits per heavy atom. The molecule has 0 aliphatic carbocycles. The van der Waals surface area contributed by atoms with E-state index in [4.69, 9.17) is 9.47 Å². The number of aliphatic carboxylic acids is 1. The molecule has 0 rings (SSSR count). The van der Waals surface area contributed by atoms with Crippen LogP contribution in [0.4, 0.5) is 0 Å². The summed E-state index contributed by atoms with van der Waals surface area (Å²) < 4.78 is 9.74. The van der Waals surface area contributed by atoms with Crippen LogP contribution in [0.15, 0.2) is 0 Å². The summed E-state index contributed by atoms with van der Waals surface area (Å²) in [5.74, 6) is -1.19. The van der Waals surface area contributed by atoms with Crippen LogP contribution in [-0.4, -0.2) is 31.9 Å². The summed E-state index contributed by atoms with van der Waals surface area (Å²) in [7, 11) is 0. The molecule has 0 saturated carbocycles. The number of ether oxygens (including phenoxy) is 2. The molecule has 0 spiro atoms. The third-order valence-electron chi connectivity index (χ3n) is 1.13. The van der Waals surface area contributed by atoms with Crippen LogP contribution in [0.1, 0.15) is 13.8 Å². The van der Waals surface area contributed by atoms with Crippen LogP contribution in [-0.2, 0) is 14.3 Å². The van der Waals surface area contributed by atoms with Gasteiger partial charge >= 0.3 is 51.4 Å². The van der Waals surface area contributed by atoms with E-state index in [1.54, 1.807) is 0 Å². The van der Waals surface area contributed by atoms with E-state index in [0.717, 1.165) is 0 Å². The number of carboxylic acids is 1. The van der Waals surface area contributed by atoms with Gasteiger partial charge in [-0.15, -0.1) is 0 Å². The van der Waals surface area contributed by atoms with Crippen molar-refractivity contribution in [2.45, 2.75) is 20.0 Å². The molecule has 0 aliphatic rings. The number of rotatable bonds is 6. The molecular formula is C7H13KO4. The SMILES string of the molecule is CCOCCOC(C)C(=O)[O-].[K+]. The summed E-state index contributed by atoms with van der Waals surface area (Å²) in [6, 6.07) is 0. The minimum Gasteiger partial charge on any atom is -0.547 e. The minimum atomic E-state index is -1.19. The van der Waals surface area contributed by atoms with Crippen LogP contribution >= 0.6 is 0 Å². The van der Waals surface area contributed by atoms with Gasteiger partial charge in [-0.1, -0.05) is 0 Å². The fraction of sp³-hybridized carbons (Fsp3) is 0.857. The molecule has 0 bridgehead atoms. The van der Waals surface area contributed by atoms with E-state index in [9.17, 15) is 9.90 Å². The molecule has 0 radical (unpaired) electrons. The van der Waals surface area contributed by atoms with E-state index in [1.807, 2.05) is 6.92 Å². The normalized spacial score (nSPS) is 11.8. The summed E-state index contributed by atoms with van der Waals surface area (Å²) in [5.41, 5.74) is 0. The van der Waals surface area contributed by atoms with Crippen LogP contribution in [0.5, 0.6) is 0 Å². The van der Waals surface area contributed by atoms with E-state index in [1.165, 1.54) is 6.92 Å².